The maximum atomic E-state index is 13.3. The molecule has 5 nitrogen and oxygen atoms in total. The van der Waals surface area contributed by atoms with Gasteiger partial charge in [0.25, 0.3) is 0 Å². The van der Waals surface area contributed by atoms with Crippen molar-refractivity contribution < 1.29 is 17.5 Å². The third-order valence-corrected chi connectivity index (χ3v) is 5.06. The molecule has 1 aromatic carbocycles. The summed E-state index contributed by atoms with van der Waals surface area (Å²) in [4.78, 5) is -0.197. The van der Waals surface area contributed by atoms with Crippen LogP contribution in [0.5, 0.6) is 0 Å². The van der Waals surface area contributed by atoms with Gasteiger partial charge in [-0.25, -0.2) is 12.8 Å². The highest BCUT2D eigenvalue weighted by atomic mass is 32.2. The summed E-state index contributed by atoms with van der Waals surface area (Å²) in [5.74, 6) is -0.729. The summed E-state index contributed by atoms with van der Waals surface area (Å²) in [6, 6.07) is 3.54. The number of hydrogen-bond acceptors (Lipinski definition) is 4. The molecule has 1 fully saturated rings. The van der Waals surface area contributed by atoms with Crippen LogP contribution in [0.3, 0.4) is 0 Å². The van der Waals surface area contributed by atoms with E-state index in [0.29, 0.717) is 19.6 Å². The molecule has 1 unspecified atom stereocenters. The Morgan fingerprint density at radius 2 is 2.22 bits per heavy atom. The average Bonchev–Trinajstić information content (AvgIpc) is 2.85. The van der Waals surface area contributed by atoms with Crippen LogP contribution < -0.4 is 5.73 Å². The zero-order valence-electron chi connectivity index (χ0n) is 9.97. The molecule has 1 aliphatic heterocycles. The fraction of sp³-hybridized carbons (Fsp3) is 0.455. The molecule has 0 amide bonds. The Kier molecular flexibility index (Phi) is 3.56. The van der Waals surface area contributed by atoms with Crippen LogP contribution in [0.2, 0.25) is 0 Å². The molecule has 1 saturated heterocycles. The van der Waals surface area contributed by atoms with E-state index in [2.05, 4.69) is 0 Å². The molecule has 1 atom stereocenters. The molecule has 18 heavy (non-hydrogen) atoms. The first kappa shape index (κ1) is 13.3. The Balaban J connectivity index is 2.38. The number of halogens is 1. The number of likely N-dealkylation sites (N-methyl/N-ethyl adjacent to an activating group) is 1. The topological polar surface area (TPSA) is 72.6 Å². The molecule has 100 valence electrons. The summed E-state index contributed by atoms with van der Waals surface area (Å²) in [6.07, 6.45) is 0.630. The summed E-state index contributed by atoms with van der Waals surface area (Å²) in [5.41, 5.74) is 5.15. The van der Waals surface area contributed by atoms with E-state index in [1.165, 1.54) is 23.5 Å². The van der Waals surface area contributed by atoms with Crippen molar-refractivity contribution in [3.63, 3.8) is 0 Å². The molecule has 1 heterocycles. The lowest BCUT2D eigenvalue weighted by atomic mass is 10.3. The van der Waals surface area contributed by atoms with Gasteiger partial charge in [-0.1, -0.05) is 6.07 Å². The summed E-state index contributed by atoms with van der Waals surface area (Å²) in [7, 11) is -2.33. The van der Waals surface area contributed by atoms with E-state index >= 15 is 0 Å². The van der Waals surface area contributed by atoms with E-state index in [4.69, 9.17) is 10.5 Å². The number of anilines is 1. The molecule has 0 bridgehead atoms. The number of rotatable bonds is 3. The number of ether oxygens (including phenoxy) is 1. The van der Waals surface area contributed by atoms with Gasteiger partial charge in [0.05, 0.1) is 18.3 Å². The van der Waals surface area contributed by atoms with E-state index in [0.717, 1.165) is 6.07 Å². The molecule has 7 heteroatoms. The number of sulfonamides is 1. The fourth-order valence-corrected chi connectivity index (χ4v) is 3.40. The van der Waals surface area contributed by atoms with Crippen LogP contribution in [0.1, 0.15) is 6.42 Å². The van der Waals surface area contributed by atoms with Gasteiger partial charge >= 0.3 is 0 Å². The quantitative estimate of drug-likeness (QED) is 0.828. The van der Waals surface area contributed by atoms with Crippen LogP contribution in [-0.2, 0) is 14.8 Å². The normalized spacial score (nSPS) is 20.5. The standard InChI is InChI=1S/C11H15FN2O3S/c1-14(8-5-6-17-7-8)18(15,16)10-4-2-3-9(12)11(10)13/h2-4,8H,5-7,13H2,1H3. The maximum absolute atomic E-state index is 13.3. The van der Waals surface area contributed by atoms with Gasteiger partial charge in [0.2, 0.25) is 10.0 Å². The lowest BCUT2D eigenvalue weighted by molar-refractivity contribution is 0.181. The Bertz CT molecular complexity index is 541. The zero-order chi connectivity index (χ0) is 13.3. The smallest absolute Gasteiger partial charge is 0.245 e. The second-order valence-corrected chi connectivity index (χ2v) is 6.16. The number of nitrogen functional groups attached to an aromatic ring is 1. The van der Waals surface area contributed by atoms with E-state index < -0.39 is 15.8 Å². The van der Waals surface area contributed by atoms with Crippen molar-refractivity contribution >= 4 is 15.7 Å². The lowest BCUT2D eigenvalue weighted by Crippen LogP contribution is -2.37. The number of benzene rings is 1. The molecule has 0 spiro atoms. The molecular formula is C11H15FN2O3S. The molecule has 2 N–H and O–H groups in total. The van der Waals surface area contributed by atoms with Crippen LogP contribution in [0, 0.1) is 5.82 Å². The number of hydrogen-bond donors (Lipinski definition) is 1. The van der Waals surface area contributed by atoms with Crippen molar-refractivity contribution in [2.75, 3.05) is 26.0 Å². The molecule has 0 radical (unpaired) electrons. The summed E-state index contributed by atoms with van der Waals surface area (Å²) >= 11 is 0. The van der Waals surface area contributed by atoms with Gasteiger partial charge in [-0.05, 0) is 18.6 Å². The Morgan fingerprint density at radius 3 is 2.83 bits per heavy atom. The fourth-order valence-electron chi connectivity index (χ4n) is 1.90. The largest absolute Gasteiger partial charge is 0.395 e. The summed E-state index contributed by atoms with van der Waals surface area (Å²) < 4.78 is 44.3. The number of nitrogens with two attached hydrogens (primary N) is 1. The first-order chi connectivity index (χ1) is 8.44. The van der Waals surface area contributed by atoms with Crippen LogP contribution in [-0.4, -0.2) is 39.0 Å². The second-order valence-electron chi connectivity index (χ2n) is 4.19. The molecular weight excluding hydrogens is 259 g/mol. The van der Waals surface area contributed by atoms with Gasteiger partial charge < -0.3 is 10.5 Å². The highest BCUT2D eigenvalue weighted by Crippen LogP contribution is 2.26. The summed E-state index contributed by atoms with van der Waals surface area (Å²) in [5, 5.41) is 0. The highest BCUT2D eigenvalue weighted by Gasteiger charge is 2.32. The van der Waals surface area contributed by atoms with Crippen molar-refractivity contribution in [2.45, 2.75) is 17.4 Å². The Morgan fingerprint density at radius 1 is 1.50 bits per heavy atom. The highest BCUT2D eigenvalue weighted by molar-refractivity contribution is 7.89. The maximum Gasteiger partial charge on any atom is 0.245 e. The Hall–Kier alpha value is -1.18. The minimum atomic E-state index is -3.79. The molecule has 0 saturated carbocycles. The van der Waals surface area contributed by atoms with Gasteiger partial charge in [-0.2, -0.15) is 4.31 Å². The lowest BCUT2D eigenvalue weighted by Gasteiger charge is -2.23. The minimum absolute atomic E-state index is 0.197. The predicted molar refractivity (Wildman–Crippen MR) is 65.0 cm³/mol. The van der Waals surface area contributed by atoms with E-state index in [1.807, 2.05) is 0 Å². The van der Waals surface area contributed by atoms with E-state index in [9.17, 15) is 12.8 Å². The molecule has 1 aliphatic rings. The first-order valence-corrected chi connectivity index (χ1v) is 6.98. The second kappa shape index (κ2) is 4.83. The first-order valence-electron chi connectivity index (χ1n) is 5.54. The van der Waals surface area contributed by atoms with Crippen molar-refractivity contribution in [3.05, 3.63) is 24.0 Å². The van der Waals surface area contributed by atoms with Crippen LogP contribution in [0.15, 0.2) is 23.1 Å². The van der Waals surface area contributed by atoms with Gasteiger partial charge in [-0.15, -0.1) is 0 Å². The van der Waals surface area contributed by atoms with Crippen molar-refractivity contribution in [1.82, 2.24) is 4.31 Å². The number of para-hydroxylation sites is 1. The van der Waals surface area contributed by atoms with Crippen LogP contribution in [0.4, 0.5) is 10.1 Å². The third-order valence-electron chi connectivity index (χ3n) is 3.09. The Labute approximate surface area is 105 Å². The molecule has 0 aliphatic carbocycles. The van der Waals surface area contributed by atoms with Gasteiger partial charge in [0.15, 0.2) is 0 Å². The van der Waals surface area contributed by atoms with E-state index in [-0.39, 0.29) is 16.6 Å². The van der Waals surface area contributed by atoms with Crippen molar-refractivity contribution in [2.24, 2.45) is 0 Å². The third kappa shape index (κ3) is 2.21. The predicted octanol–water partition coefficient (Wildman–Crippen LogP) is 0.817. The van der Waals surface area contributed by atoms with Crippen molar-refractivity contribution in [1.29, 1.82) is 0 Å². The van der Waals surface area contributed by atoms with Crippen LogP contribution in [0.25, 0.3) is 0 Å². The molecule has 2 rings (SSSR count). The van der Waals surface area contributed by atoms with Gasteiger partial charge in [0.1, 0.15) is 10.7 Å². The van der Waals surface area contributed by atoms with Gasteiger partial charge in [-0.3, -0.25) is 0 Å². The minimum Gasteiger partial charge on any atom is -0.395 e. The average molecular weight is 274 g/mol. The van der Waals surface area contributed by atoms with Crippen LogP contribution >= 0.6 is 0 Å². The molecule has 0 aromatic heterocycles. The van der Waals surface area contributed by atoms with Crippen molar-refractivity contribution in [3.8, 4) is 0 Å². The SMILES string of the molecule is CN(C1CCOC1)S(=O)(=O)c1cccc(F)c1N. The summed E-state index contributed by atoms with van der Waals surface area (Å²) in [6.45, 7) is 0.883. The van der Waals surface area contributed by atoms with Gasteiger partial charge in [0, 0.05) is 13.7 Å². The molecule has 1 aromatic rings. The zero-order valence-corrected chi connectivity index (χ0v) is 10.8. The number of nitrogens with zero attached hydrogens (tertiary/aromatic N) is 1. The van der Waals surface area contributed by atoms with E-state index in [1.54, 1.807) is 0 Å². The monoisotopic (exact) mass is 274 g/mol.